The summed E-state index contributed by atoms with van der Waals surface area (Å²) in [6.07, 6.45) is 3.27. The topological polar surface area (TPSA) is 79.7 Å². The Morgan fingerprint density at radius 3 is 2.65 bits per heavy atom. The van der Waals surface area contributed by atoms with Crippen LogP contribution in [0.3, 0.4) is 0 Å². The van der Waals surface area contributed by atoms with Crippen LogP contribution in [0.5, 0.6) is 5.75 Å². The predicted molar refractivity (Wildman–Crippen MR) is 117 cm³/mol. The minimum atomic E-state index is -0.801. The Morgan fingerprint density at radius 1 is 1.13 bits per heavy atom. The quantitative estimate of drug-likeness (QED) is 0.366. The number of aliphatic hydroxyl groups excluding tert-OH is 1. The summed E-state index contributed by atoms with van der Waals surface area (Å²) in [6, 6.07) is 16.4. The molecule has 0 spiro atoms. The molecule has 2 heterocycles. The fraction of sp³-hybridized carbons (Fsp3) is 0.125. The lowest BCUT2D eigenvalue weighted by molar-refractivity contribution is -0.140. The lowest BCUT2D eigenvalue weighted by Crippen LogP contribution is -2.29. The number of Topliss-reactive ketones (excluding diaryl/α,β-unsaturated/α-hetero) is 1. The fourth-order valence-corrected chi connectivity index (χ4v) is 3.88. The van der Waals surface area contributed by atoms with Crippen molar-refractivity contribution in [1.29, 1.82) is 0 Å². The summed E-state index contributed by atoms with van der Waals surface area (Å²) in [7, 11) is 1.51. The van der Waals surface area contributed by atoms with Crippen molar-refractivity contribution in [3.8, 4) is 5.75 Å². The highest BCUT2D eigenvalue weighted by molar-refractivity contribution is 6.46. The maximum atomic E-state index is 13.1. The molecule has 6 nitrogen and oxygen atoms in total. The van der Waals surface area contributed by atoms with Crippen LogP contribution in [0, 0.1) is 0 Å². The number of hydrogen-bond acceptors (Lipinski definition) is 5. The molecule has 1 atom stereocenters. The highest BCUT2D eigenvalue weighted by Crippen LogP contribution is 2.41. The molecule has 1 aliphatic rings. The van der Waals surface area contributed by atoms with Crippen LogP contribution >= 0.6 is 11.6 Å². The number of pyridine rings is 1. The normalized spacial score (nSPS) is 17.7. The van der Waals surface area contributed by atoms with Crippen LogP contribution < -0.4 is 4.74 Å². The smallest absolute Gasteiger partial charge is 0.295 e. The zero-order valence-corrected chi connectivity index (χ0v) is 17.4. The van der Waals surface area contributed by atoms with Crippen LogP contribution in [-0.2, 0) is 16.1 Å². The van der Waals surface area contributed by atoms with E-state index in [1.807, 2.05) is 6.07 Å². The number of rotatable bonds is 5. The lowest BCUT2D eigenvalue weighted by atomic mass is 9.95. The molecule has 3 aromatic rings. The molecule has 0 aliphatic carbocycles. The van der Waals surface area contributed by atoms with Crippen molar-refractivity contribution in [3.63, 3.8) is 0 Å². The second kappa shape index (κ2) is 8.62. The SMILES string of the molecule is COc1cccc(C(O)=C2C(=O)C(=O)N(Cc3cccnc3)[C@@H]2c2cccc(Cl)c2)c1. The monoisotopic (exact) mass is 434 g/mol. The number of carbonyl (C=O) groups excluding carboxylic acids is 2. The number of carbonyl (C=O) groups is 2. The number of aromatic nitrogens is 1. The molecule has 156 valence electrons. The second-order valence-electron chi connectivity index (χ2n) is 7.08. The van der Waals surface area contributed by atoms with Crippen LogP contribution in [0.25, 0.3) is 5.76 Å². The van der Waals surface area contributed by atoms with Crippen molar-refractivity contribution in [2.75, 3.05) is 7.11 Å². The Kier molecular flexibility index (Phi) is 5.73. The van der Waals surface area contributed by atoms with Gasteiger partial charge < -0.3 is 14.7 Å². The maximum Gasteiger partial charge on any atom is 0.295 e. The summed E-state index contributed by atoms with van der Waals surface area (Å²) in [6.45, 7) is 0.157. The summed E-state index contributed by atoms with van der Waals surface area (Å²) in [4.78, 5) is 31.6. The third-order valence-corrected chi connectivity index (χ3v) is 5.36. The van der Waals surface area contributed by atoms with E-state index in [0.29, 0.717) is 21.9 Å². The molecule has 1 N–H and O–H groups in total. The zero-order valence-electron chi connectivity index (χ0n) is 16.7. The molecule has 7 heteroatoms. The first-order chi connectivity index (χ1) is 15.0. The maximum absolute atomic E-state index is 13.1. The number of likely N-dealkylation sites (tertiary alicyclic amines) is 1. The number of benzene rings is 2. The van der Waals surface area contributed by atoms with Crippen molar-refractivity contribution in [3.05, 3.63) is 100 Å². The summed E-state index contributed by atoms with van der Waals surface area (Å²) in [5, 5.41) is 11.6. The van der Waals surface area contributed by atoms with E-state index in [-0.39, 0.29) is 17.9 Å². The van der Waals surface area contributed by atoms with E-state index in [4.69, 9.17) is 16.3 Å². The van der Waals surface area contributed by atoms with Gasteiger partial charge in [-0.3, -0.25) is 14.6 Å². The standard InChI is InChI=1S/C24H19ClN2O4/c1-31-19-9-3-7-17(12-19)22(28)20-21(16-6-2-8-18(25)11-16)27(24(30)23(20)29)14-15-5-4-10-26-13-15/h2-13,21,28H,14H2,1H3/t21-/m1/s1. The Morgan fingerprint density at radius 2 is 1.94 bits per heavy atom. The van der Waals surface area contributed by atoms with Gasteiger partial charge in [-0.15, -0.1) is 0 Å². The number of methoxy groups -OCH3 is 1. The van der Waals surface area contributed by atoms with Crippen molar-refractivity contribution in [1.82, 2.24) is 9.88 Å². The van der Waals surface area contributed by atoms with E-state index >= 15 is 0 Å². The third-order valence-electron chi connectivity index (χ3n) is 5.12. The Bertz CT molecular complexity index is 1180. The number of ether oxygens (including phenoxy) is 1. The zero-order chi connectivity index (χ0) is 22.0. The van der Waals surface area contributed by atoms with E-state index in [9.17, 15) is 14.7 Å². The molecule has 0 bridgehead atoms. The Labute approximate surface area is 184 Å². The molecule has 1 aliphatic heterocycles. The van der Waals surface area contributed by atoms with Crippen LogP contribution in [-0.4, -0.2) is 33.8 Å². The van der Waals surface area contributed by atoms with E-state index in [0.717, 1.165) is 5.56 Å². The first-order valence-electron chi connectivity index (χ1n) is 9.57. The number of hydrogen-bond donors (Lipinski definition) is 1. The van der Waals surface area contributed by atoms with Gasteiger partial charge in [0.1, 0.15) is 11.5 Å². The highest BCUT2D eigenvalue weighted by Gasteiger charge is 2.46. The number of ketones is 1. The molecule has 31 heavy (non-hydrogen) atoms. The number of halogens is 1. The molecule has 1 aromatic heterocycles. The van der Waals surface area contributed by atoms with E-state index < -0.39 is 17.7 Å². The second-order valence-corrected chi connectivity index (χ2v) is 7.51. The number of nitrogens with zero attached hydrogens (tertiary/aromatic N) is 2. The minimum absolute atomic E-state index is 0.00408. The minimum Gasteiger partial charge on any atom is -0.507 e. The van der Waals surface area contributed by atoms with Gasteiger partial charge in [0.2, 0.25) is 0 Å². The fourth-order valence-electron chi connectivity index (χ4n) is 3.68. The highest BCUT2D eigenvalue weighted by atomic mass is 35.5. The first kappa shape index (κ1) is 20.6. The first-order valence-corrected chi connectivity index (χ1v) is 9.94. The van der Waals surface area contributed by atoms with Gasteiger partial charge in [-0.25, -0.2) is 0 Å². The molecule has 4 rings (SSSR count). The molecule has 0 saturated carbocycles. The average molecular weight is 435 g/mol. The molecule has 1 amide bonds. The third kappa shape index (κ3) is 4.02. The molecule has 2 aromatic carbocycles. The molecule has 0 unspecified atom stereocenters. The van der Waals surface area contributed by atoms with Crippen molar-refractivity contribution < 1.29 is 19.4 Å². The van der Waals surface area contributed by atoms with Crippen LogP contribution in [0.2, 0.25) is 5.02 Å². The molecule has 1 fully saturated rings. The van der Waals surface area contributed by atoms with Crippen LogP contribution in [0.1, 0.15) is 22.7 Å². The van der Waals surface area contributed by atoms with E-state index in [1.165, 1.54) is 12.0 Å². The largest absolute Gasteiger partial charge is 0.507 e. The average Bonchev–Trinajstić information content (AvgIpc) is 3.04. The summed E-state index contributed by atoms with van der Waals surface area (Å²) in [5.74, 6) is -1.20. The summed E-state index contributed by atoms with van der Waals surface area (Å²) in [5.41, 5.74) is 1.77. The summed E-state index contributed by atoms with van der Waals surface area (Å²) < 4.78 is 5.22. The van der Waals surface area contributed by atoms with Gasteiger partial charge in [-0.2, -0.15) is 0 Å². The van der Waals surface area contributed by atoms with Gasteiger partial charge >= 0.3 is 0 Å². The lowest BCUT2D eigenvalue weighted by Gasteiger charge is -2.25. The van der Waals surface area contributed by atoms with Gasteiger partial charge in [0.25, 0.3) is 11.7 Å². The van der Waals surface area contributed by atoms with Crippen molar-refractivity contribution in [2.45, 2.75) is 12.6 Å². The van der Waals surface area contributed by atoms with Crippen LogP contribution in [0.4, 0.5) is 0 Å². The number of amides is 1. The van der Waals surface area contributed by atoms with Crippen LogP contribution in [0.15, 0.2) is 78.6 Å². The van der Waals surface area contributed by atoms with Gasteiger partial charge in [0.15, 0.2) is 0 Å². The van der Waals surface area contributed by atoms with Crippen molar-refractivity contribution >= 4 is 29.1 Å². The molecule has 1 saturated heterocycles. The Hall–Kier alpha value is -3.64. The van der Waals surface area contributed by atoms with E-state index in [2.05, 4.69) is 4.98 Å². The molecule has 0 radical (unpaired) electrons. The summed E-state index contributed by atoms with van der Waals surface area (Å²) >= 11 is 6.19. The molecular weight excluding hydrogens is 416 g/mol. The Balaban J connectivity index is 1.87. The van der Waals surface area contributed by atoms with Gasteiger partial charge in [0, 0.05) is 29.5 Å². The van der Waals surface area contributed by atoms with Crippen molar-refractivity contribution in [2.24, 2.45) is 0 Å². The van der Waals surface area contributed by atoms with Gasteiger partial charge in [-0.05, 0) is 41.5 Å². The van der Waals surface area contributed by atoms with Gasteiger partial charge in [-0.1, -0.05) is 41.9 Å². The number of aliphatic hydroxyl groups is 1. The van der Waals surface area contributed by atoms with Gasteiger partial charge in [0.05, 0.1) is 18.7 Å². The molecular formula is C24H19ClN2O4. The van der Waals surface area contributed by atoms with E-state index in [1.54, 1.807) is 67.0 Å². The predicted octanol–water partition coefficient (Wildman–Crippen LogP) is 4.37.